The second-order valence-corrected chi connectivity index (χ2v) is 4.53. The smallest absolute Gasteiger partial charge is 0.351 e. The van der Waals surface area contributed by atoms with Gasteiger partial charge in [0.05, 0.1) is 6.61 Å². The third kappa shape index (κ3) is 2.39. The minimum absolute atomic E-state index is 0.121. The Bertz CT molecular complexity index is 581. The van der Waals surface area contributed by atoms with Gasteiger partial charge in [0.15, 0.2) is 5.72 Å². The lowest BCUT2D eigenvalue weighted by Crippen LogP contribution is -2.33. The average molecular weight is 266 g/mol. The van der Waals surface area contributed by atoms with Crippen molar-refractivity contribution in [1.82, 2.24) is 9.55 Å². The third-order valence-electron chi connectivity index (χ3n) is 3.07. The van der Waals surface area contributed by atoms with Crippen LogP contribution in [0.15, 0.2) is 22.2 Å². The van der Waals surface area contributed by atoms with E-state index in [-0.39, 0.29) is 11.7 Å². The molecule has 0 saturated carbocycles. The first kappa shape index (κ1) is 13.3. The molecular formula is C10H14N6O3. The van der Waals surface area contributed by atoms with Gasteiger partial charge in [-0.25, -0.2) is 4.79 Å². The number of rotatable bonds is 3. The summed E-state index contributed by atoms with van der Waals surface area (Å²) in [5.74, 6) is -0.00357. The standard InChI is InChI=1S/C10H14N6O3/c1-6-4-10(5-17,14-15-12)19-8(6)16-3-2-7(11)13-9(16)18/h2-3,6,8,17H,4-5H2,1H3,(H2,11,13,18)/t6-,8+,10-/m0/s1. The lowest BCUT2D eigenvalue weighted by atomic mass is 10.0. The summed E-state index contributed by atoms with van der Waals surface area (Å²) in [6.07, 6.45) is 1.13. The summed E-state index contributed by atoms with van der Waals surface area (Å²) < 4.78 is 6.84. The average Bonchev–Trinajstić information content (AvgIpc) is 2.68. The number of hydrogen-bond donors (Lipinski definition) is 2. The fraction of sp³-hybridized carbons (Fsp3) is 0.600. The summed E-state index contributed by atoms with van der Waals surface area (Å²) in [5.41, 5.74) is 12.1. The Hall–Kier alpha value is -2.09. The van der Waals surface area contributed by atoms with E-state index in [1.54, 1.807) is 0 Å². The molecule has 1 saturated heterocycles. The molecule has 0 aliphatic carbocycles. The molecule has 102 valence electrons. The Morgan fingerprint density at radius 1 is 1.84 bits per heavy atom. The lowest BCUT2D eigenvalue weighted by molar-refractivity contribution is -0.0993. The van der Waals surface area contributed by atoms with Crippen molar-refractivity contribution in [2.75, 3.05) is 12.3 Å². The van der Waals surface area contributed by atoms with Gasteiger partial charge in [0.25, 0.3) is 0 Å². The van der Waals surface area contributed by atoms with E-state index < -0.39 is 24.2 Å². The first-order valence-electron chi connectivity index (χ1n) is 5.71. The molecule has 19 heavy (non-hydrogen) atoms. The number of nitrogens with zero attached hydrogens (tertiary/aromatic N) is 5. The van der Waals surface area contributed by atoms with Crippen LogP contribution in [0, 0.1) is 5.92 Å². The number of aliphatic hydroxyl groups is 1. The highest BCUT2D eigenvalue weighted by Gasteiger charge is 2.45. The van der Waals surface area contributed by atoms with Crippen molar-refractivity contribution < 1.29 is 9.84 Å². The summed E-state index contributed by atoms with van der Waals surface area (Å²) in [6, 6.07) is 1.48. The molecule has 3 N–H and O–H groups in total. The second-order valence-electron chi connectivity index (χ2n) is 4.53. The maximum absolute atomic E-state index is 11.8. The van der Waals surface area contributed by atoms with Crippen molar-refractivity contribution in [2.24, 2.45) is 11.0 Å². The molecule has 3 atom stereocenters. The van der Waals surface area contributed by atoms with Crippen molar-refractivity contribution in [2.45, 2.75) is 25.3 Å². The van der Waals surface area contributed by atoms with Gasteiger partial charge in [-0.2, -0.15) is 4.98 Å². The number of aliphatic hydroxyl groups excluding tert-OH is 1. The topological polar surface area (TPSA) is 139 Å². The molecular weight excluding hydrogens is 252 g/mol. The van der Waals surface area contributed by atoms with Crippen LogP contribution >= 0.6 is 0 Å². The zero-order valence-corrected chi connectivity index (χ0v) is 10.3. The molecule has 1 aromatic heterocycles. The Morgan fingerprint density at radius 2 is 2.58 bits per heavy atom. The lowest BCUT2D eigenvalue weighted by Gasteiger charge is -2.22. The summed E-state index contributed by atoms with van der Waals surface area (Å²) in [6.45, 7) is 1.38. The monoisotopic (exact) mass is 266 g/mol. The second kappa shape index (κ2) is 4.88. The van der Waals surface area contributed by atoms with E-state index >= 15 is 0 Å². The molecule has 2 rings (SSSR count). The minimum Gasteiger partial charge on any atom is -0.393 e. The van der Waals surface area contributed by atoms with Gasteiger partial charge >= 0.3 is 5.69 Å². The van der Waals surface area contributed by atoms with Crippen LogP contribution in [0.3, 0.4) is 0 Å². The molecule has 0 unspecified atom stereocenters. The SMILES string of the molecule is C[C@H]1C[C@](CO)(N=[N+]=[N-])O[C@H]1n1ccc(N)nc1=O. The predicted molar refractivity (Wildman–Crippen MR) is 65.8 cm³/mol. The van der Waals surface area contributed by atoms with Gasteiger partial charge in [0.2, 0.25) is 0 Å². The molecule has 0 spiro atoms. The number of azide groups is 1. The summed E-state index contributed by atoms with van der Waals surface area (Å²) in [7, 11) is 0. The Labute approximate surface area is 108 Å². The highest BCUT2D eigenvalue weighted by molar-refractivity contribution is 5.23. The van der Waals surface area contributed by atoms with Gasteiger partial charge < -0.3 is 15.6 Å². The van der Waals surface area contributed by atoms with E-state index in [4.69, 9.17) is 16.0 Å². The van der Waals surface area contributed by atoms with Crippen LogP contribution in [0.5, 0.6) is 0 Å². The van der Waals surface area contributed by atoms with Crippen LogP contribution in [0.2, 0.25) is 0 Å². The first-order valence-corrected chi connectivity index (χ1v) is 5.71. The largest absolute Gasteiger partial charge is 0.393 e. The number of ether oxygens (including phenoxy) is 1. The number of aromatic nitrogens is 2. The van der Waals surface area contributed by atoms with Gasteiger partial charge in [-0.1, -0.05) is 12.0 Å². The third-order valence-corrected chi connectivity index (χ3v) is 3.07. The molecule has 0 radical (unpaired) electrons. The fourth-order valence-corrected chi connectivity index (χ4v) is 2.22. The van der Waals surface area contributed by atoms with Crippen LogP contribution in [0.25, 0.3) is 10.4 Å². The quantitative estimate of drug-likeness (QED) is 0.462. The summed E-state index contributed by atoms with van der Waals surface area (Å²) >= 11 is 0. The van der Waals surface area contributed by atoms with Gasteiger partial charge in [-0.3, -0.25) is 4.57 Å². The maximum Gasteiger partial charge on any atom is 0.351 e. The number of nitrogens with two attached hydrogens (primary N) is 1. The number of nitrogen functional groups attached to an aromatic ring is 1. The minimum atomic E-state index is -1.33. The van der Waals surface area contributed by atoms with Crippen LogP contribution in [-0.4, -0.2) is 27.0 Å². The van der Waals surface area contributed by atoms with Crippen LogP contribution < -0.4 is 11.4 Å². The summed E-state index contributed by atoms with van der Waals surface area (Å²) in [5, 5.41) is 12.8. The van der Waals surface area contributed by atoms with Crippen molar-refractivity contribution >= 4 is 5.82 Å². The molecule has 2 heterocycles. The molecule has 1 aliphatic heterocycles. The van der Waals surface area contributed by atoms with Crippen LogP contribution in [0.1, 0.15) is 19.6 Å². The van der Waals surface area contributed by atoms with Crippen LogP contribution in [0.4, 0.5) is 5.82 Å². The number of anilines is 1. The normalized spacial score (nSPS) is 30.0. The number of hydrogen-bond acceptors (Lipinski definition) is 6. The molecule has 0 aromatic carbocycles. The molecule has 9 nitrogen and oxygen atoms in total. The molecule has 9 heteroatoms. The van der Waals surface area contributed by atoms with Gasteiger partial charge in [-0.15, -0.1) is 0 Å². The van der Waals surface area contributed by atoms with Crippen LogP contribution in [-0.2, 0) is 4.74 Å². The zero-order chi connectivity index (χ0) is 14.0. The summed E-state index contributed by atoms with van der Waals surface area (Å²) in [4.78, 5) is 18.0. The highest BCUT2D eigenvalue weighted by Crippen LogP contribution is 2.41. The van der Waals surface area contributed by atoms with Crippen molar-refractivity contribution in [3.05, 3.63) is 33.2 Å². The van der Waals surface area contributed by atoms with E-state index in [0.717, 1.165) is 0 Å². The van der Waals surface area contributed by atoms with Gasteiger partial charge in [0, 0.05) is 17.0 Å². The predicted octanol–water partition coefficient (Wildman–Crippen LogP) is 0.379. The van der Waals surface area contributed by atoms with Crippen molar-refractivity contribution in [1.29, 1.82) is 0 Å². The Kier molecular flexibility index (Phi) is 3.43. The van der Waals surface area contributed by atoms with E-state index in [1.807, 2.05) is 6.92 Å². The zero-order valence-electron chi connectivity index (χ0n) is 10.3. The maximum atomic E-state index is 11.8. The molecule has 1 fully saturated rings. The van der Waals surface area contributed by atoms with E-state index in [1.165, 1.54) is 16.8 Å². The van der Waals surface area contributed by atoms with Crippen molar-refractivity contribution in [3.63, 3.8) is 0 Å². The molecule has 1 aromatic rings. The van der Waals surface area contributed by atoms with Gasteiger partial charge in [0.1, 0.15) is 12.0 Å². The highest BCUT2D eigenvalue weighted by atomic mass is 16.6. The Morgan fingerprint density at radius 3 is 3.16 bits per heavy atom. The first-order chi connectivity index (χ1) is 9.01. The van der Waals surface area contributed by atoms with E-state index in [0.29, 0.717) is 6.42 Å². The molecule has 0 amide bonds. The van der Waals surface area contributed by atoms with E-state index in [9.17, 15) is 9.90 Å². The van der Waals surface area contributed by atoms with E-state index in [2.05, 4.69) is 15.0 Å². The fourth-order valence-electron chi connectivity index (χ4n) is 2.22. The molecule has 0 bridgehead atoms. The molecule has 1 aliphatic rings. The van der Waals surface area contributed by atoms with Crippen molar-refractivity contribution in [3.8, 4) is 0 Å². The van der Waals surface area contributed by atoms with Gasteiger partial charge in [-0.05, 0) is 18.0 Å². The Balaban J connectivity index is 2.37.